The first-order valence-corrected chi connectivity index (χ1v) is 12.6. The largest absolute Gasteiger partial charge is 0.342 e. The van der Waals surface area contributed by atoms with Gasteiger partial charge < -0.3 is 4.57 Å². The number of benzene rings is 2. The number of hydrogen-bond donors (Lipinski definition) is 1. The summed E-state index contributed by atoms with van der Waals surface area (Å²) in [7, 11) is -3.31. The molecular weight excluding hydrogens is 443 g/mol. The maximum atomic E-state index is 13.2. The van der Waals surface area contributed by atoms with E-state index in [1.807, 2.05) is 30.5 Å². The quantitative estimate of drug-likeness (QED) is 0.425. The van der Waals surface area contributed by atoms with Gasteiger partial charge in [0.25, 0.3) is 0 Å². The van der Waals surface area contributed by atoms with Gasteiger partial charge in [0, 0.05) is 42.3 Å². The average Bonchev–Trinajstić information content (AvgIpc) is 3.18. The smallest absolute Gasteiger partial charge is 0.244 e. The van der Waals surface area contributed by atoms with E-state index in [9.17, 15) is 17.6 Å². The number of para-hydroxylation sites is 1. The van der Waals surface area contributed by atoms with Crippen molar-refractivity contribution < 1.29 is 17.6 Å². The number of carbonyl (C=O) groups excluding carboxylic acids is 1. The summed E-state index contributed by atoms with van der Waals surface area (Å²) in [6, 6.07) is 14.3. The van der Waals surface area contributed by atoms with Gasteiger partial charge in [-0.05, 0) is 43.5 Å². The fourth-order valence-electron chi connectivity index (χ4n) is 4.14. The number of rotatable bonds is 7. The Balaban J connectivity index is 1.47. The number of amides is 1. The van der Waals surface area contributed by atoms with E-state index < -0.39 is 15.9 Å². The number of hydrogen-bond acceptors (Lipinski definition) is 4. The van der Waals surface area contributed by atoms with Crippen LogP contribution in [0.25, 0.3) is 10.9 Å². The second-order valence-corrected chi connectivity index (χ2v) is 10.4. The minimum atomic E-state index is -3.31. The summed E-state index contributed by atoms with van der Waals surface area (Å²) in [6.45, 7) is 2.83. The fourth-order valence-corrected chi connectivity index (χ4v) is 5.32. The number of nitrogens with one attached hydrogen (secondary N) is 1. The number of carbonyl (C=O) groups is 1. The highest BCUT2D eigenvalue weighted by Gasteiger charge is 2.31. The molecular formula is C24H27FN4O3S. The van der Waals surface area contributed by atoms with Crippen molar-refractivity contribution in [1.29, 1.82) is 0 Å². The van der Waals surface area contributed by atoms with Crippen LogP contribution in [0.5, 0.6) is 0 Å². The minimum absolute atomic E-state index is 0.0292. The summed E-state index contributed by atoms with van der Waals surface area (Å²) in [5, 5.41) is 5.13. The molecule has 0 spiro atoms. The lowest BCUT2D eigenvalue weighted by Gasteiger charge is -2.30. The van der Waals surface area contributed by atoms with Gasteiger partial charge in [-0.15, -0.1) is 0 Å². The number of piperidine rings is 1. The Bertz CT molecular complexity index is 1270. The second-order valence-electron chi connectivity index (χ2n) is 8.19. The van der Waals surface area contributed by atoms with E-state index in [-0.39, 0.29) is 24.0 Å². The Morgan fingerprint density at radius 2 is 1.97 bits per heavy atom. The molecule has 2 heterocycles. The molecule has 0 bridgehead atoms. The number of aromatic nitrogens is 1. The molecule has 1 amide bonds. The monoisotopic (exact) mass is 470 g/mol. The molecule has 1 saturated heterocycles. The number of halogens is 1. The van der Waals surface area contributed by atoms with Crippen molar-refractivity contribution in [3.8, 4) is 0 Å². The number of sulfonamides is 1. The third-order valence-electron chi connectivity index (χ3n) is 5.98. The van der Waals surface area contributed by atoms with Crippen LogP contribution in [0, 0.1) is 11.7 Å². The lowest BCUT2D eigenvalue weighted by atomic mass is 9.99. The van der Waals surface area contributed by atoms with E-state index in [1.54, 1.807) is 25.3 Å². The molecule has 0 unspecified atom stereocenters. The fraction of sp³-hybridized carbons (Fsp3) is 0.333. The first-order valence-electron chi connectivity index (χ1n) is 11.0. The molecule has 2 aromatic carbocycles. The van der Waals surface area contributed by atoms with Gasteiger partial charge in [0.15, 0.2) is 0 Å². The zero-order valence-electron chi connectivity index (χ0n) is 18.4. The maximum absolute atomic E-state index is 13.2. The van der Waals surface area contributed by atoms with Crippen molar-refractivity contribution in [3.63, 3.8) is 0 Å². The molecule has 1 aliphatic rings. The minimum Gasteiger partial charge on any atom is -0.342 e. The van der Waals surface area contributed by atoms with E-state index in [1.165, 1.54) is 16.4 Å². The molecule has 1 aliphatic heterocycles. The standard InChI is InChI=1S/C24H27FN4O3S/c1-2-33(31,32)29-13-5-6-19(17-29)24(30)27-26-14-20-16-28(23-8-4-3-7-22(20)23)15-18-9-11-21(25)12-10-18/h3-4,7-12,14,16,19H,2,5-6,13,15,17H2,1H3,(H,27,30)/b26-14-/t19-/m0/s1. The highest BCUT2D eigenvalue weighted by atomic mass is 32.2. The Hall–Kier alpha value is -3.04. The predicted molar refractivity (Wildman–Crippen MR) is 127 cm³/mol. The first kappa shape index (κ1) is 23.1. The van der Waals surface area contributed by atoms with Crippen molar-refractivity contribution in [2.45, 2.75) is 26.3 Å². The molecule has 7 nitrogen and oxygen atoms in total. The SMILES string of the molecule is CCS(=O)(=O)N1CCC[C@H](C(=O)N/N=C\c2cn(Cc3ccc(F)cc3)c3ccccc23)C1. The summed E-state index contributed by atoms with van der Waals surface area (Å²) >= 11 is 0. The molecule has 1 fully saturated rings. The molecule has 1 atom stereocenters. The van der Waals surface area contributed by atoms with Gasteiger partial charge in [0.05, 0.1) is 17.9 Å². The van der Waals surface area contributed by atoms with Crippen molar-refractivity contribution in [2.24, 2.45) is 11.0 Å². The normalized spacial score (nSPS) is 17.6. The molecule has 0 saturated carbocycles. The van der Waals surface area contributed by atoms with E-state index in [0.29, 0.717) is 25.9 Å². The molecule has 9 heteroatoms. The zero-order valence-corrected chi connectivity index (χ0v) is 19.3. The molecule has 1 aromatic heterocycles. The van der Waals surface area contributed by atoms with Crippen molar-refractivity contribution in [1.82, 2.24) is 14.3 Å². The van der Waals surface area contributed by atoms with Crippen LogP contribution in [-0.2, 0) is 21.4 Å². The van der Waals surface area contributed by atoms with Gasteiger partial charge in [-0.2, -0.15) is 5.10 Å². The summed E-state index contributed by atoms with van der Waals surface area (Å²) in [4.78, 5) is 12.6. The van der Waals surface area contributed by atoms with Crippen LogP contribution >= 0.6 is 0 Å². The summed E-state index contributed by atoms with van der Waals surface area (Å²) in [5.41, 5.74) is 5.39. The molecule has 33 heavy (non-hydrogen) atoms. The van der Waals surface area contributed by atoms with E-state index in [0.717, 1.165) is 22.0 Å². The Labute approximate surface area is 192 Å². The van der Waals surface area contributed by atoms with E-state index in [2.05, 4.69) is 15.1 Å². The number of hydrazone groups is 1. The highest BCUT2D eigenvalue weighted by Crippen LogP contribution is 2.22. The number of nitrogens with zero attached hydrogens (tertiary/aromatic N) is 3. The summed E-state index contributed by atoms with van der Waals surface area (Å²) in [5.74, 6) is -0.941. The van der Waals surface area contributed by atoms with Gasteiger partial charge in [-0.25, -0.2) is 22.5 Å². The Kier molecular flexibility index (Phi) is 6.90. The highest BCUT2D eigenvalue weighted by molar-refractivity contribution is 7.89. The van der Waals surface area contributed by atoms with Crippen LogP contribution in [0.1, 0.15) is 30.9 Å². The molecule has 1 N–H and O–H groups in total. The Morgan fingerprint density at radius 3 is 2.73 bits per heavy atom. The van der Waals surface area contributed by atoms with Crippen LogP contribution in [0.2, 0.25) is 0 Å². The zero-order chi connectivity index (χ0) is 23.4. The van der Waals surface area contributed by atoms with Crippen molar-refractivity contribution in [2.75, 3.05) is 18.8 Å². The lowest BCUT2D eigenvalue weighted by Crippen LogP contribution is -2.45. The van der Waals surface area contributed by atoms with E-state index in [4.69, 9.17) is 0 Å². The van der Waals surface area contributed by atoms with Gasteiger partial charge >= 0.3 is 0 Å². The third kappa shape index (κ3) is 5.31. The topological polar surface area (TPSA) is 83.8 Å². The second kappa shape index (κ2) is 9.84. The number of fused-ring (bicyclic) bond motifs is 1. The van der Waals surface area contributed by atoms with Crippen molar-refractivity contribution in [3.05, 3.63) is 71.7 Å². The van der Waals surface area contributed by atoms with Crippen LogP contribution in [0.3, 0.4) is 0 Å². The molecule has 4 rings (SSSR count). The summed E-state index contributed by atoms with van der Waals surface area (Å²) in [6.07, 6.45) is 4.83. The van der Waals surface area contributed by atoms with Crippen LogP contribution in [0.4, 0.5) is 4.39 Å². The van der Waals surface area contributed by atoms with Gasteiger partial charge in [0.1, 0.15) is 5.82 Å². The van der Waals surface area contributed by atoms with Gasteiger partial charge in [-0.1, -0.05) is 30.3 Å². The average molecular weight is 471 g/mol. The lowest BCUT2D eigenvalue weighted by molar-refractivity contribution is -0.126. The van der Waals surface area contributed by atoms with Gasteiger partial charge in [-0.3, -0.25) is 4.79 Å². The van der Waals surface area contributed by atoms with E-state index >= 15 is 0 Å². The first-order chi connectivity index (χ1) is 15.9. The third-order valence-corrected chi connectivity index (χ3v) is 7.83. The van der Waals surface area contributed by atoms with Crippen molar-refractivity contribution >= 4 is 33.0 Å². The molecule has 0 aliphatic carbocycles. The summed E-state index contributed by atoms with van der Waals surface area (Å²) < 4.78 is 41.0. The predicted octanol–water partition coefficient (Wildman–Crippen LogP) is 3.34. The van der Waals surface area contributed by atoms with Crippen LogP contribution in [-0.4, -0.2) is 48.3 Å². The molecule has 174 valence electrons. The van der Waals surface area contributed by atoms with Gasteiger partial charge in [0.2, 0.25) is 15.9 Å². The maximum Gasteiger partial charge on any atom is 0.244 e. The Morgan fingerprint density at radius 1 is 1.21 bits per heavy atom. The van der Waals surface area contributed by atoms with Crippen LogP contribution in [0.15, 0.2) is 59.8 Å². The molecule has 3 aromatic rings. The molecule has 0 radical (unpaired) electrons. The van der Waals surface area contributed by atoms with Crippen LogP contribution < -0.4 is 5.43 Å².